The van der Waals surface area contributed by atoms with Gasteiger partial charge in [0.1, 0.15) is 6.54 Å². The van der Waals surface area contributed by atoms with Crippen LogP contribution in [0, 0.1) is 0 Å². The van der Waals surface area contributed by atoms with Gasteiger partial charge in [-0.1, -0.05) is 84.0 Å². The number of hydrogen-bond acceptors (Lipinski definition) is 3. The summed E-state index contributed by atoms with van der Waals surface area (Å²) in [6, 6.07) is 25.2. The molecule has 0 aromatic heterocycles. The highest BCUT2D eigenvalue weighted by Gasteiger charge is 2.30. The first-order chi connectivity index (χ1) is 16.0. The van der Waals surface area contributed by atoms with Gasteiger partial charge in [0, 0.05) is 16.0 Å². The van der Waals surface area contributed by atoms with Crippen LogP contribution < -0.4 is 10.2 Å². The van der Waals surface area contributed by atoms with Crippen LogP contribution in [-0.2, 0) is 16.0 Å². The summed E-state index contributed by atoms with van der Waals surface area (Å²) in [6.45, 7) is 1.96. The number of fused-ring (bicyclic) bond motifs is 1. The van der Waals surface area contributed by atoms with Gasteiger partial charge < -0.3 is 5.32 Å². The summed E-state index contributed by atoms with van der Waals surface area (Å²) >= 11 is 7.70. The highest BCUT2D eigenvalue weighted by atomic mass is 35.5. The first-order valence-corrected chi connectivity index (χ1v) is 12.1. The van der Waals surface area contributed by atoms with Gasteiger partial charge >= 0.3 is 0 Å². The highest BCUT2D eigenvalue weighted by molar-refractivity contribution is 8.04. The molecule has 3 aromatic rings. The fourth-order valence-electron chi connectivity index (χ4n) is 3.72. The molecule has 33 heavy (non-hydrogen) atoms. The van der Waals surface area contributed by atoms with Crippen molar-refractivity contribution in [2.24, 2.45) is 0 Å². The molecule has 1 heterocycles. The minimum absolute atomic E-state index is 0.000329. The van der Waals surface area contributed by atoms with Crippen molar-refractivity contribution in [3.8, 4) is 0 Å². The van der Waals surface area contributed by atoms with Crippen molar-refractivity contribution in [3.05, 3.63) is 99.9 Å². The number of anilines is 1. The third-order valence-corrected chi connectivity index (χ3v) is 6.86. The van der Waals surface area contributed by atoms with Crippen molar-refractivity contribution in [2.75, 3.05) is 11.4 Å². The third kappa shape index (κ3) is 5.86. The van der Waals surface area contributed by atoms with Crippen molar-refractivity contribution in [1.29, 1.82) is 0 Å². The van der Waals surface area contributed by atoms with Gasteiger partial charge in [-0.15, -0.1) is 0 Å². The number of rotatable bonds is 7. The van der Waals surface area contributed by atoms with Crippen LogP contribution in [0.25, 0.3) is 6.08 Å². The molecule has 3 aromatic carbocycles. The minimum Gasteiger partial charge on any atom is -0.352 e. The van der Waals surface area contributed by atoms with Gasteiger partial charge in [-0.25, -0.2) is 0 Å². The second-order valence-corrected chi connectivity index (χ2v) is 9.47. The molecule has 1 N–H and O–H groups in total. The van der Waals surface area contributed by atoms with Crippen LogP contribution in [0.3, 0.4) is 0 Å². The number of carbonyl (C=O) groups is 2. The number of para-hydroxylation sites is 1. The van der Waals surface area contributed by atoms with E-state index in [-0.39, 0.29) is 24.4 Å². The Labute approximate surface area is 203 Å². The second kappa shape index (κ2) is 10.7. The van der Waals surface area contributed by atoms with E-state index >= 15 is 0 Å². The maximum Gasteiger partial charge on any atom is 0.265 e. The summed E-state index contributed by atoms with van der Waals surface area (Å²) in [5.41, 5.74) is 2.76. The molecule has 168 valence electrons. The molecule has 2 amide bonds. The van der Waals surface area contributed by atoms with Crippen molar-refractivity contribution >= 4 is 46.9 Å². The van der Waals surface area contributed by atoms with E-state index in [9.17, 15) is 9.59 Å². The van der Waals surface area contributed by atoms with Crippen LogP contribution in [0.2, 0.25) is 5.02 Å². The Morgan fingerprint density at radius 2 is 1.73 bits per heavy atom. The summed E-state index contributed by atoms with van der Waals surface area (Å²) < 4.78 is 0. The molecular weight excluding hydrogens is 452 g/mol. The van der Waals surface area contributed by atoms with Crippen molar-refractivity contribution in [3.63, 3.8) is 0 Å². The number of thioether (sulfide) groups is 1. The van der Waals surface area contributed by atoms with E-state index in [1.54, 1.807) is 17.0 Å². The summed E-state index contributed by atoms with van der Waals surface area (Å²) in [7, 11) is 0. The lowest BCUT2D eigenvalue weighted by Gasteiger charge is -2.30. The fourth-order valence-corrected chi connectivity index (χ4v) is 4.96. The Bertz CT molecular complexity index is 1180. The molecule has 0 saturated heterocycles. The van der Waals surface area contributed by atoms with E-state index in [4.69, 9.17) is 11.6 Å². The average Bonchev–Trinajstić information content (AvgIpc) is 2.82. The molecule has 4 rings (SSSR count). The quantitative estimate of drug-likeness (QED) is 0.428. The predicted octanol–water partition coefficient (Wildman–Crippen LogP) is 5.96. The Balaban J connectivity index is 1.48. The zero-order chi connectivity index (χ0) is 23.2. The Morgan fingerprint density at radius 3 is 2.52 bits per heavy atom. The largest absolute Gasteiger partial charge is 0.352 e. The van der Waals surface area contributed by atoms with Crippen molar-refractivity contribution in [1.82, 2.24) is 5.32 Å². The monoisotopic (exact) mass is 476 g/mol. The Morgan fingerprint density at radius 1 is 1.03 bits per heavy atom. The highest BCUT2D eigenvalue weighted by Crippen LogP contribution is 2.42. The molecule has 0 fully saturated rings. The number of amides is 2. The first-order valence-electron chi connectivity index (χ1n) is 10.9. The van der Waals surface area contributed by atoms with Gasteiger partial charge in [0.05, 0.1) is 10.6 Å². The number of nitrogens with one attached hydrogen (secondary N) is 1. The standard InChI is InChI=1S/C27H25ClN2O2S/c1-19(15-16-20-9-3-2-4-10-20)29-26(31)18-30-23-13-7-8-14-24(23)33-25(27(30)32)17-21-11-5-6-12-22(21)28/h2-14,17,19H,15-16,18H2,1H3,(H,29,31). The zero-order valence-electron chi connectivity index (χ0n) is 18.3. The van der Waals surface area contributed by atoms with Crippen molar-refractivity contribution < 1.29 is 9.59 Å². The maximum absolute atomic E-state index is 13.3. The lowest BCUT2D eigenvalue weighted by molar-refractivity contribution is -0.122. The molecular formula is C27H25ClN2O2S. The van der Waals surface area contributed by atoms with Gasteiger partial charge in [-0.05, 0) is 55.2 Å². The van der Waals surface area contributed by atoms with Crippen LogP contribution in [-0.4, -0.2) is 24.4 Å². The molecule has 4 nitrogen and oxygen atoms in total. The number of hydrogen-bond donors (Lipinski definition) is 1. The lowest BCUT2D eigenvalue weighted by Crippen LogP contribution is -2.45. The van der Waals surface area contributed by atoms with E-state index in [2.05, 4.69) is 17.4 Å². The summed E-state index contributed by atoms with van der Waals surface area (Å²) in [4.78, 5) is 29.2. The first kappa shape index (κ1) is 23.1. The minimum atomic E-state index is -0.203. The van der Waals surface area contributed by atoms with Gasteiger partial charge in [-0.3, -0.25) is 14.5 Å². The van der Waals surface area contributed by atoms with E-state index in [0.717, 1.165) is 29.0 Å². The molecule has 0 radical (unpaired) electrons. The molecule has 1 aliphatic rings. The summed E-state index contributed by atoms with van der Waals surface area (Å²) in [5.74, 6) is -0.381. The molecule has 0 bridgehead atoms. The number of carbonyl (C=O) groups excluding carboxylic acids is 2. The number of nitrogens with zero attached hydrogens (tertiary/aromatic N) is 1. The van der Waals surface area contributed by atoms with Crippen LogP contribution in [0.4, 0.5) is 5.69 Å². The number of benzene rings is 3. The van der Waals surface area contributed by atoms with Crippen LogP contribution in [0.1, 0.15) is 24.5 Å². The number of halogens is 1. The Kier molecular flexibility index (Phi) is 7.53. The maximum atomic E-state index is 13.3. The molecule has 1 aliphatic heterocycles. The fraction of sp³-hybridized carbons (Fsp3) is 0.185. The molecule has 1 unspecified atom stereocenters. The molecule has 0 saturated carbocycles. The van der Waals surface area contributed by atoms with Crippen LogP contribution in [0.15, 0.2) is 88.7 Å². The van der Waals surface area contributed by atoms with Gasteiger partial charge in [0.25, 0.3) is 5.91 Å². The average molecular weight is 477 g/mol. The van der Waals surface area contributed by atoms with E-state index in [0.29, 0.717) is 9.93 Å². The second-order valence-electron chi connectivity index (χ2n) is 7.98. The molecule has 6 heteroatoms. The van der Waals surface area contributed by atoms with Gasteiger partial charge in [0.15, 0.2) is 0 Å². The summed E-state index contributed by atoms with van der Waals surface area (Å²) in [6.07, 6.45) is 3.50. The summed E-state index contributed by atoms with van der Waals surface area (Å²) in [5, 5.41) is 3.62. The van der Waals surface area contributed by atoms with Crippen molar-refractivity contribution in [2.45, 2.75) is 30.7 Å². The Hall–Kier alpha value is -3.02. The lowest BCUT2D eigenvalue weighted by atomic mass is 10.1. The molecule has 0 spiro atoms. The number of aryl methyl sites for hydroxylation is 1. The smallest absolute Gasteiger partial charge is 0.265 e. The van der Waals surface area contributed by atoms with Crippen LogP contribution in [0.5, 0.6) is 0 Å². The molecule has 1 atom stereocenters. The molecule has 0 aliphatic carbocycles. The van der Waals surface area contributed by atoms with E-state index < -0.39 is 0 Å². The normalized spacial score (nSPS) is 15.3. The van der Waals surface area contributed by atoms with E-state index in [1.807, 2.05) is 67.6 Å². The van der Waals surface area contributed by atoms with Crippen LogP contribution >= 0.6 is 23.4 Å². The zero-order valence-corrected chi connectivity index (χ0v) is 19.9. The van der Waals surface area contributed by atoms with Gasteiger partial charge in [-0.2, -0.15) is 0 Å². The predicted molar refractivity (Wildman–Crippen MR) is 136 cm³/mol. The third-order valence-electron chi connectivity index (χ3n) is 5.44. The van der Waals surface area contributed by atoms with E-state index in [1.165, 1.54) is 17.3 Å². The van der Waals surface area contributed by atoms with Gasteiger partial charge in [0.2, 0.25) is 5.91 Å². The topological polar surface area (TPSA) is 49.4 Å². The SMILES string of the molecule is CC(CCc1ccccc1)NC(=O)CN1C(=O)C(=Cc2ccccc2Cl)Sc2ccccc21.